The van der Waals surface area contributed by atoms with E-state index in [1.807, 2.05) is 11.7 Å². The van der Waals surface area contributed by atoms with E-state index >= 15 is 0 Å². The molecule has 78 valence electrons. The minimum Gasteiger partial charge on any atom is -0.315 e. The van der Waals surface area contributed by atoms with Gasteiger partial charge in [-0.1, -0.05) is 20.8 Å². The average Bonchev–Trinajstić information content (AvgIpc) is 2.26. The smallest absolute Gasteiger partial charge is 0.0713 e. The van der Waals surface area contributed by atoms with Crippen LogP contribution in [0.5, 0.6) is 0 Å². The molecule has 1 fully saturated rings. The van der Waals surface area contributed by atoms with Gasteiger partial charge in [-0.3, -0.25) is 4.68 Å². The molecule has 0 unspecified atom stereocenters. The van der Waals surface area contributed by atoms with Crippen LogP contribution in [0.25, 0.3) is 0 Å². The molecule has 0 aliphatic carbocycles. The molecule has 0 atom stereocenters. The summed E-state index contributed by atoms with van der Waals surface area (Å²) < 4.78 is 1.94. The first kappa shape index (κ1) is 9.71. The van der Waals surface area contributed by atoms with Crippen molar-refractivity contribution < 1.29 is 0 Å². The monoisotopic (exact) mass is 193 g/mol. The average molecular weight is 193 g/mol. The molecule has 0 aromatic carbocycles. The summed E-state index contributed by atoms with van der Waals surface area (Å²) in [5.74, 6) is 0.679. The van der Waals surface area contributed by atoms with Crippen LogP contribution < -0.4 is 5.32 Å². The van der Waals surface area contributed by atoms with Gasteiger partial charge < -0.3 is 5.32 Å². The predicted octanol–water partition coefficient (Wildman–Crippen LogP) is 1.40. The normalized spacial score (nSPS) is 18.3. The highest BCUT2D eigenvalue weighted by Crippen LogP contribution is 2.30. The van der Waals surface area contributed by atoms with Gasteiger partial charge in [0.2, 0.25) is 0 Å². The van der Waals surface area contributed by atoms with Crippen LogP contribution in [0.4, 0.5) is 0 Å². The second-order valence-corrected chi connectivity index (χ2v) is 5.21. The molecule has 14 heavy (non-hydrogen) atoms. The summed E-state index contributed by atoms with van der Waals surface area (Å²) in [6.07, 6.45) is 2.17. The lowest BCUT2D eigenvalue weighted by Crippen LogP contribution is -2.40. The summed E-state index contributed by atoms with van der Waals surface area (Å²) >= 11 is 0. The summed E-state index contributed by atoms with van der Waals surface area (Å²) in [6, 6.07) is 0. The fraction of sp³-hybridized carbons (Fsp3) is 0.727. The largest absolute Gasteiger partial charge is 0.315 e. The van der Waals surface area contributed by atoms with Crippen molar-refractivity contribution in [1.82, 2.24) is 15.1 Å². The van der Waals surface area contributed by atoms with Crippen LogP contribution >= 0.6 is 0 Å². The molecule has 1 N–H and O–H groups in total. The van der Waals surface area contributed by atoms with E-state index in [-0.39, 0.29) is 5.41 Å². The number of nitrogens with zero attached hydrogens (tertiary/aromatic N) is 2. The summed E-state index contributed by atoms with van der Waals surface area (Å²) in [6.45, 7) is 8.89. The Morgan fingerprint density at radius 2 is 2.07 bits per heavy atom. The molecule has 1 aromatic heterocycles. The first-order valence-electron chi connectivity index (χ1n) is 5.23. The Labute approximate surface area is 85.5 Å². The van der Waals surface area contributed by atoms with E-state index in [0.717, 1.165) is 13.1 Å². The van der Waals surface area contributed by atoms with E-state index in [9.17, 15) is 0 Å². The summed E-state index contributed by atoms with van der Waals surface area (Å²) in [7, 11) is 2.00. The van der Waals surface area contributed by atoms with Crippen molar-refractivity contribution in [1.29, 1.82) is 0 Å². The van der Waals surface area contributed by atoms with Crippen molar-refractivity contribution in [2.24, 2.45) is 7.05 Å². The Bertz CT molecular complexity index is 329. The standard InChI is InChI=1S/C11H19N3/c1-11(2,3)10-9(7-14(4)13-10)8-5-12-6-8/h7-8,12H,5-6H2,1-4H3. The summed E-state index contributed by atoms with van der Waals surface area (Å²) in [5, 5.41) is 7.88. The molecule has 1 saturated heterocycles. The molecule has 0 bridgehead atoms. The van der Waals surface area contributed by atoms with Crippen molar-refractivity contribution in [3.63, 3.8) is 0 Å². The van der Waals surface area contributed by atoms with E-state index in [1.54, 1.807) is 0 Å². The maximum absolute atomic E-state index is 4.57. The van der Waals surface area contributed by atoms with Gasteiger partial charge in [0, 0.05) is 37.7 Å². The van der Waals surface area contributed by atoms with Gasteiger partial charge in [0.1, 0.15) is 0 Å². The van der Waals surface area contributed by atoms with Crippen LogP contribution in [-0.4, -0.2) is 22.9 Å². The number of hydrogen-bond acceptors (Lipinski definition) is 2. The minimum atomic E-state index is 0.159. The number of aryl methyl sites for hydroxylation is 1. The van der Waals surface area contributed by atoms with Crippen LogP contribution in [0.15, 0.2) is 6.20 Å². The maximum Gasteiger partial charge on any atom is 0.0713 e. The molecule has 1 aliphatic heterocycles. The first-order chi connectivity index (χ1) is 6.48. The van der Waals surface area contributed by atoms with Crippen molar-refractivity contribution in [3.05, 3.63) is 17.5 Å². The predicted molar refractivity (Wildman–Crippen MR) is 57.5 cm³/mol. The van der Waals surface area contributed by atoms with E-state index in [4.69, 9.17) is 0 Å². The van der Waals surface area contributed by atoms with Gasteiger partial charge in [-0.15, -0.1) is 0 Å². The highest BCUT2D eigenvalue weighted by atomic mass is 15.3. The fourth-order valence-corrected chi connectivity index (χ4v) is 1.90. The lowest BCUT2D eigenvalue weighted by atomic mass is 9.83. The Morgan fingerprint density at radius 1 is 1.43 bits per heavy atom. The molecular formula is C11H19N3. The summed E-state index contributed by atoms with van der Waals surface area (Å²) in [4.78, 5) is 0. The lowest BCUT2D eigenvalue weighted by molar-refractivity contribution is 0.436. The van der Waals surface area contributed by atoms with Crippen molar-refractivity contribution >= 4 is 0 Å². The van der Waals surface area contributed by atoms with Gasteiger partial charge >= 0.3 is 0 Å². The van der Waals surface area contributed by atoms with Gasteiger partial charge in [-0.05, 0) is 5.56 Å². The van der Waals surface area contributed by atoms with Gasteiger partial charge in [-0.25, -0.2) is 0 Å². The maximum atomic E-state index is 4.57. The summed E-state index contributed by atoms with van der Waals surface area (Å²) in [5.41, 5.74) is 2.84. The molecular weight excluding hydrogens is 174 g/mol. The number of nitrogens with one attached hydrogen (secondary N) is 1. The van der Waals surface area contributed by atoms with Crippen LogP contribution in [-0.2, 0) is 12.5 Å². The third kappa shape index (κ3) is 1.57. The van der Waals surface area contributed by atoms with Crippen molar-refractivity contribution in [2.75, 3.05) is 13.1 Å². The Morgan fingerprint density at radius 3 is 2.50 bits per heavy atom. The quantitative estimate of drug-likeness (QED) is 0.730. The van der Waals surface area contributed by atoms with E-state index in [2.05, 4.69) is 37.4 Å². The molecule has 0 saturated carbocycles. The van der Waals surface area contributed by atoms with Crippen molar-refractivity contribution in [3.8, 4) is 0 Å². The molecule has 1 aliphatic rings. The third-order valence-electron chi connectivity index (χ3n) is 2.79. The second-order valence-electron chi connectivity index (χ2n) is 5.21. The number of aromatic nitrogens is 2. The SMILES string of the molecule is Cn1cc(C2CNC2)c(C(C)(C)C)n1. The van der Waals surface area contributed by atoms with Gasteiger partial charge in [-0.2, -0.15) is 5.10 Å². The molecule has 0 spiro atoms. The highest BCUT2D eigenvalue weighted by molar-refractivity contribution is 5.30. The third-order valence-corrected chi connectivity index (χ3v) is 2.79. The zero-order chi connectivity index (χ0) is 10.3. The minimum absolute atomic E-state index is 0.159. The zero-order valence-corrected chi connectivity index (χ0v) is 9.46. The molecule has 1 aromatic rings. The Balaban J connectivity index is 2.37. The Kier molecular flexibility index (Phi) is 2.14. The molecule has 0 radical (unpaired) electrons. The molecule has 3 nitrogen and oxygen atoms in total. The first-order valence-corrected chi connectivity index (χ1v) is 5.23. The van der Waals surface area contributed by atoms with Crippen LogP contribution in [0, 0.1) is 0 Å². The lowest BCUT2D eigenvalue weighted by Gasteiger charge is -2.29. The molecule has 0 amide bonds. The van der Waals surface area contributed by atoms with Crippen molar-refractivity contribution in [2.45, 2.75) is 32.1 Å². The van der Waals surface area contributed by atoms with Crippen LogP contribution in [0.1, 0.15) is 37.9 Å². The van der Waals surface area contributed by atoms with E-state index in [0.29, 0.717) is 5.92 Å². The zero-order valence-electron chi connectivity index (χ0n) is 9.46. The molecule has 2 rings (SSSR count). The highest BCUT2D eigenvalue weighted by Gasteiger charge is 2.29. The number of hydrogen-bond donors (Lipinski definition) is 1. The van der Waals surface area contributed by atoms with Crippen LogP contribution in [0.3, 0.4) is 0 Å². The van der Waals surface area contributed by atoms with E-state index < -0.39 is 0 Å². The molecule has 3 heteroatoms. The number of rotatable bonds is 1. The molecule has 2 heterocycles. The second kappa shape index (κ2) is 3.09. The Hall–Kier alpha value is -0.830. The van der Waals surface area contributed by atoms with E-state index in [1.165, 1.54) is 11.3 Å². The van der Waals surface area contributed by atoms with Gasteiger partial charge in [0.15, 0.2) is 0 Å². The van der Waals surface area contributed by atoms with Gasteiger partial charge in [0.05, 0.1) is 5.69 Å². The van der Waals surface area contributed by atoms with Gasteiger partial charge in [0.25, 0.3) is 0 Å². The topological polar surface area (TPSA) is 29.9 Å². The fourth-order valence-electron chi connectivity index (χ4n) is 1.90. The van der Waals surface area contributed by atoms with Crippen LogP contribution in [0.2, 0.25) is 0 Å².